The molecule has 2 saturated heterocycles. The number of aromatic nitrogens is 2. The number of nitrogens with zero attached hydrogens (tertiary/aromatic N) is 4. The first kappa shape index (κ1) is 16.5. The van der Waals surface area contributed by atoms with Crippen LogP contribution in [0.3, 0.4) is 0 Å². The molecule has 2 aliphatic rings. The van der Waals surface area contributed by atoms with E-state index in [1.54, 1.807) is 0 Å². The Balaban J connectivity index is 1.64. The predicted molar refractivity (Wildman–Crippen MR) is 89.8 cm³/mol. The second kappa shape index (κ2) is 6.61. The second-order valence-corrected chi connectivity index (χ2v) is 7.11. The fraction of sp³-hybridized carbons (Fsp3) is 0.765. The highest BCUT2D eigenvalue weighted by atomic mass is 16.1. The zero-order chi connectivity index (χ0) is 16.4. The van der Waals surface area contributed by atoms with Crippen LogP contribution >= 0.6 is 0 Å². The molecule has 2 N–H and O–H groups in total. The van der Waals surface area contributed by atoms with Crippen molar-refractivity contribution in [1.82, 2.24) is 19.4 Å². The van der Waals surface area contributed by atoms with Crippen molar-refractivity contribution in [1.29, 1.82) is 0 Å². The van der Waals surface area contributed by atoms with E-state index >= 15 is 0 Å². The molecule has 0 spiro atoms. The van der Waals surface area contributed by atoms with Crippen LogP contribution in [0.5, 0.6) is 0 Å². The Bertz CT molecular complexity index is 534. The average molecular weight is 319 g/mol. The first-order chi connectivity index (χ1) is 11.0. The van der Waals surface area contributed by atoms with Gasteiger partial charge in [0.2, 0.25) is 5.91 Å². The summed E-state index contributed by atoms with van der Waals surface area (Å²) < 4.78 is 2.06. The summed E-state index contributed by atoms with van der Waals surface area (Å²) in [7, 11) is 2.02. The van der Waals surface area contributed by atoms with Gasteiger partial charge in [-0.25, -0.2) is 4.98 Å². The molecule has 128 valence electrons. The molecule has 0 bridgehead atoms. The van der Waals surface area contributed by atoms with Crippen LogP contribution < -0.4 is 5.73 Å². The number of likely N-dealkylation sites (tertiary alicyclic amines) is 2. The number of primary amides is 1. The van der Waals surface area contributed by atoms with Gasteiger partial charge in [0.1, 0.15) is 11.4 Å². The fourth-order valence-electron chi connectivity index (χ4n) is 4.06. The molecule has 2 aliphatic heterocycles. The molecule has 1 aromatic heterocycles. The number of carbonyl (C=O) groups excluding carboxylic acids is 1. The van der Waals surface area contributed by atoms with Crippen molar-refractivity contribution in [3.63, 3.8) is 0 Å². The lowest BCUT2D eigenvalue weighted by Gasteiger charge is -2.48. The van der Waals surface area contributed by atoms with Gasteiger partial charge in [0.05, 0.1) is 5.69 Å². The van der Waals surface area contributed by atoms with Gasteiger partial charge >= 0.3 is 0 Å². The van der Waals surface area contributed by atoms with Crippen molar-refractivity contribution in [3.05, 3.63) is 17.7 Å². The standard InChI is InChI=1S/C17H29N5O/c1-14-19-15(12-20(14)2)13-21-10-6-17(7-11-21,16(18)23)22-8-4-3-5-9-22/h12H,3-11,13H2,1-2H3,(H2,18,23). The van der Waals surface area contributed by atoms with E-state index in [1.165, 1.54) is 19.3 Å². The first-order valence-electron chi connectivity index (χ1n) is 8.77. The van der Waals surface area contributed by atoms with Crippen molar-refractivity contribution in [2.24, 2.45) is 12.8 Å². The molecule has 3 rings (SSSR count). The Morgan fingerprint density at radius 3 is 2.39 bits per heavy atom. The van der Waals surface area contributed by atoms with Crippen LogP contribution in [0.1, 0.15) is 43.6 Å². The van der Waals surface area contributed by atoms with Gasteiger partial charge in [-0.15, -0.1) is 0 Å². The van der Waals surface area contributed by atoms with Crippen molar-refractivity contribution in [2.45, 2.75) is 51.1 Å². The number of rotatable bonds is 4. The Morgan fingerprint density at radius 1 is 1.22 bits per heavy atom. The quantitative estimate of drug-likeness (QED) is 0.900. The van der Waals surface area contributed by atoms with Gasteiger partial charge in [-0.3, -0.25) is 14.6 Å². The van der Waals surface area contributed by atoms with Gasteiger partial charge < -0.3 is 10.3 Å². The molecular formula is C17H29N5O. The lowest BCUT2D eigenvalue weighted by molar-refractivity contribution is -0.135. The number of hydrogen-bond donors (Lipinski definition) is 1. The molecule has 0 atom stereocenters. The van der Waals surface area contributed by atoms with Crippen LogP contribution in [0.25, 0.3) is 0 Å². The largest absolute Gasteiger partial charge is 0.368 e. The van der Waals surface area contributed by atoms with E-state index < -0.39 is 5.54 Å². The van der Waals surface area contributed by atoms with Gasteiger partial charge in [0.15, 0.2) is 0 Å². The molecule has 6 heteroatoms. The van der Waals surface area contributed by atoms with E-state index in [9.17, 15) is 4.79 Å². The zero-order valence-electron chi connectivity index (χ0n) is 14.4. The van der Waals surface area contributed by atoms with Crippen LogP contribution in [-0.4, -0.2) is 57.0 Å². The molecule has 1 aromatic rings. The van der Waals surface area contributed by atoms with E-state index in [0.717, 1.165) is 57.1 Å². The topological polar surface area (TPSA) is 67.4 Å². The highest BCUT2D eigenvalue weighted by molar-refractivity contribution is 5.84. The number of amides is 1. The van der Waals surface area contributed by atoms with Crippen LogP contribution in [0.15, 0.2) is 6.20 Å². The molecule has 3 heterocycles. The Morgan fingerprint density at radius 2 is 1.87 bits per heavy atom. The highest BCUT2D eigenvalue weighted by Gasteiger charge is 2.45. The summed E-state index contributed by atoms with van der Waals surface area (Å²) in [5.41, 5.74) is 6.53. The lowest BCUT2D eigenvalue weighted by atomic mass is 9.83. The fourth-order valence-corrected chi connectivity index (χ4v) is 4.06. The van der Waals surface area contributed by atoms with Gasteiger partial charge in [0.25, 0.3) is 0 Å². The van der Waals surface area contributed by atoms with Crippen LogP contribution in [0.2, 0.25) is 0 Å². The second-order valence-electron chi connectivity index (χ2n) is 7.11. The third-order valence-electron chi connectivity index (χ3n) is 5.65. The van der Waals surface area contributed by atoms with Crippen molar-refractivity contribution in [2.75, 3.05) is 26.2 Å². The molecule has 6 nitrogen and oxygen atoms in total. The van der Waals surface area contributed by atoms with Crippen molar-refractivity contribution >= 4 is 5.91 Å². The van der Waals surface area contributed by atoms with Crippen molar-refractivity contribution < 1.29 is 4.79 Å². The van der Waals surface area contributed by atoms with E-state index in [2.05, 4.69) is 25.5 Å². The smallest absolute Gasteiger partial charge is 0.238 e. The third kappa shape index (κ3) is 3.28. The first-order valence-corrected chi connectivity index (χ1v) is 8.77. The average Bonchev–Trinajstić information content (AvgIpc) is 2.86. The summed E-state index contributed by atoms with van der Waals surface area (Å²) in [6.45, 7) is 6.74. The van der Waals surface area contributed by atoms with E-state index in [4.69, 9.17) is 5.73 Å². The number of aryl methyl sites for hydroxylation is 2. The molecule has 1 amide bonds. The maximum atomic E-state index is 12.2. The highest BCUT2D eigenvalue weighted by Crippen LogP contribution is 2.32. The normalized spacial score (nSPS) is 23.0. The van der Waals surface area contributed by atoms with Crippen molar-refractivity contribution in [3.8, 4) is 0 Å². The minimum Gasteiger partial charge on any atom is -0.368 e. The zero-order valence-corrected chi connectivity index (χ0v) is 14.4. The molecule has 23 heavy (non-hydrogen) atoms. The SMILES string of the molecule is Cc1nc(CN2CCC(C(N)=O)(N3CCCCC3)CC2)cn1C. The number of piperidine rings is 2. The summed E-state index contributed by atoms with van der Waals surface area (Å²) in [5.74, 6) is 0.907. The van der Waals surface area contributed by atoms with Gasteiger partial charge in [-0.2, -0.15) is 0 Å². The van der Waals surface area contributed by atoms with Crippen LogP contribution in [0, 0.1) is 6.92 Å². The molecule has 2 fully saturated rings. The summed E-state index contributed by atoms with van der Waals surface area (Å²) >= 11 is 0. The monoisotopic (exact) mass is 319 g/mol. The van der Waals surface area contributed by atoms with Gasteiger partial charge in [-0.1, -0.05) is 6.42 Å². The lowest BCUT2D eigenvalue weighted by Crippen LogP contribution is -2.63. The van der Waals surface area contributed by atoms with E-state index in [-0.39, 0.29) is 5.91 Å². The summed E-state index contributed by atoms with van der Waals surface area (Å²) in [6, 6.07) is 0. The minimum absolute atomic E-state index is 0.132. The summed E-state index contributed by atoms with van der Waals surface area (Å²) in [6.07, 6.45) is 7.42. The summed E-state index contributed by atoms with van der Waals surface area (Å²) in [5, 5.41) is 0. The summed E-state index contributed by atoms with van der Waals surface area (Å²) in [4.78, 5) is 21.6. The number of nitrogens with two attached hydrogens (primary N) is 1. The minimum atomic E-state index is -0.420. The Hall–Kier alpha value is -1.40. The van der Waals surface area contributed by atoms with Crippen LogP contribution in [-0.2, 0) is 18.4 Å². The maximum Gasteiger partial charge on any atom is 0.238 e. The van der Waals surface area contributed by atoms with E-state index in [0.29, 0.717) is 0 Å². The van der Waals surface area contributed by atoms with Gasteiger partial charge in [-0.05, 0) is 45.7 Å². The molecule has 0 unspecified atom stereocenters. The Kier molecular flexibility index (Phi) is 4.73. The Labute approximate surface area is 138 Å². The van der Waals surface area contributed by atoms with Gasteiger partial charge in [0, 0.05) is 32.9 Å². The third-order valence-corrected chi connectivity index (χ3v) is 5.65. The molecule has 0 radical (unpaired) electrons. The van der Waals surface area contributed by atoms with E-state index in [1.807, 2.05) is 14.0 Å². The predicted octanol–water partition coefficient (Wildman–Crippen LogP) is 1.03. The van der Waals surface area contributed by atoms with Crippen LogP contribution in [0.4, 0.5) is 0 Å². The number of imidazole rings is 1. The molecule has 0 aliphatic carbocycles. The number of carbonyl (C=O) groups is 1. The molecule has 0 aromatic carbocycles. The number of hydrogen-bond acceptors (Lipinski definition) is 4. The molecular weight excluding hydrogens is 290 g/mol. The molecule has 0 saturated carbocycles. The maximum absolute atomic E-state index is 12.2.